The molecule has 2 N–H and O–H groups in total. The van der Waals surface area contributed by atoms with Gasteiger partial charge in [-0.2, -0.15) is 0 Å². The highest BCUT2D eigenvalue weighted by Gasteiger charge is 2.20. The summed E-state index contributed by atoms with van der Waals surface area (Å²) in [5.74, 6) is 0. The van der Waals surface area contributed by atoms with Gasteiger partial charge in [0.05, 0.1) is 24.2 Å². The Morgan fingerprint density at radius 1 is 1.04 bits per heavy atom. The van der Waals surface area contributed by atoms with Gasteiger partial charge in [0.1, 0.15) is 0 Å². The standard InChI is InChI=1S/C21H29NO4S/c1-16-5-7-17(8-6-16)20(26-14-13-23)15-22-27(24,25)19-11-9-18(10-12-19)21(2,3)4/h5-12,20,22-23H,13-15H2,1-4H3. The SMILES string of the molecule is Cc1ccc(C(CNS(=O)(=O)c2ccc(C(C)(C)C)cc2)OCCO)cc1. The first-order valence-corrected chi connectivity index (χ1v) is 10.5. The second-order valence-electron chi connectivity index (χ2n) is 7.62. The molecule has 0 amide bonds. The van der Waals surface area contributed by atoms with Crippen LogP contribution in [0.15, 0.2) is 53.4 Å². The Hall–Kier alpha value is -1.73. The zero-order chi connectivity index (χ0) is 20.1. The van der Waals surface area contributed by atoms with Crippen LogP contribution in [0.25, 0.3) is 0 Å². The number of nitrogens with one attached hydrogen (secondary N) is 1. The van der Waals surface area contributed by atoms with E-state index in [1.54, 1.807) is 12.1 Å². The highest BCUT2D eigenvalue weighted by Crippen LogP contribution is 2.24. The Morgan fingerprint density at radius 2 is 1.63 bits per heavy atom. The molecular formula is C21H29NO4S. The second kappa shape index (κ2) is 8.97. The summed E-state index contributed by atoms with van der Waals surface area (Å²) < 4.78 is 33.5. The third kappa shape index (κ3) is 6.14. The number of rotatable bonds is 8. The average molecular weight is 392 g/mol. The summed E-state index contributed by atoms with van der Waals surface area (Å²) in [7, 11) is -3.65. The van der Waals surface area contributed by atoms with Crippen molar-refractivity contribution in [2.45, 2.75) is 44.1 Å². The van der Waals surface area contributed by atoms with Crippen molar-refractivity contribution in [3.63, 3.8) is 0 Å². The van der Waals surface area contributed by atoms with Crippen LogP contribution in [-0.2, 0) is 20.2 Å². The van der Waals surface area contributed by atoms with Gasteiger partial charge in [0, 0.05) is 6.54 Å². The molecule has 1 atom stereocenters. The van der Waals surface area contributed by atoms with Gasteiger partial charge in [0.15, 0.2) is 0 Å². The molecule has 2 aromatic carbocycles. The van der Waals surface area contributed by atoms with Crippen molar-refractivity contribution >= 4 is 10.0 Å². The summed E-state index contributed by atoms with van der Waals surface area (Å²) in [5.41, 5.74) is 3.01. The lowest BCUT2D eigenvalue weighted by atomic mass is 9.87. The lowest BCUT2D eigenvalue weighted by Crippen LogP contribution is -2.30. The third-order valence-corrected chi connectivity index (χ3v) is 5.79. The molecular weight excluding hydrogens is 362 g/mol. The van der Waals surface area contributed by atoms with E-state index in [9.17, 15) is 8.42 Å². The summed E-state index contributed by atoms with van der Waals surface area (Å²) in [6, 6.07) is 14.6. The molecule has 2 rings (SSSR count). The molecule has 1 unspecified atom stereocenters. The maximum Gasteiger partial charge on any atom is 0.240 e. The van der Waals surface area contributed by atoms with Gasteiger partial charge in [-0.15, -0.1) is 0 Å². The zero-order valence-electron chi connectivity index (χ0n) is 16.4. The second-order valence-corrected chi connectivity index (χ2v) is 9.39. The Morgan fingerprint density at radius 3 is 2.15 bits per heavy atom. The van der Waals surface area contributed by atoms with Crippen molar-refractivity contribution in [2.75, 3.05) is 19.8 Å². The van der Waals surface area contributed by atoms with E-state index in [2.05, 4.69) is 25.5 Å². The summed E-state index contributed by atoms with van der Waals surface area (Å²) in [6.45, 7) is 8.34. The molecule has 0 aliphatic heterocycles. The molecule has 0 aliphatic rings. The van der Waals surface area contributed by atoms with Gasteiger partial charge in [-0.1, -0.05) is 62.7 Å². The molecule has 6 heteroatoms. The van der Waals surface area contributed by atoms with Gasteiger partial charge in [-0.3, -0.25) is 0 Å². The third-order valence-electron chi connectivity index (χ3n) is 4.35. The molecule has 0 heterocycles. The van der Waals surface area contributed by atoms with Gasteiger partial charge in [-0.25, -0.2) is 13.1 Å². The van der Waals surface area contributed by atoms with Crippen LogP contribution >= 0.6 is 0 Å². The highest BCUT2D eigenvalue weighted by atomic mass is 32.2. The largest absolute Gasteiger partial charge is 0.394 e. The van der Waals surface area contributed by atoms with Crippen LogP contribution in [0.2, 0.25) is 0 Å². The normalized spacial score (nSPS) is 13.5. The van der Waals surface area contributed by atoms with Crippen molar-refractivity contribution in [1.82, 2.24) is 4.72 Å². The number of benzene rings is 2. The minimum Gasteiger partial charge on any atom is -0.394 e. The molecule has 0 spiro atoms. The van der Waals surface area contributed by atoms with Crippen molar-refractivity contribution < 1.29 is 18.3 Å². The van der Waals surface area contributed by atoms with Crippen LogP contribution in [0.1, 0.15) is 43.6 Å². The van der Waals surface area contributed by atoms with Gasteiger partial charge in [0.2, 0.25) is 10.0 Å². The monoisotopic (exact) mass is 391 g/mol. The number of aliphatic hydroxyl groups excluding tert-OH is 1. The smallest absolute Gasteiger partial charge is 0.240 e. The van der Waals surface area contributed by atoms with E-state index in [-0.39, 0.29) is 30.1 Å². The molecule has 27 heavy (non-hydrogen) atoms. The van der Waals surface area contributed by atoms with Gasteiger partial charge in [-0.05, 0) is 35.6 Å². The number of aryl methyl sites for hydroxylation is 1. The molecule has 0 saturated carbocycles. The fourth-order valence-electron chi connectivity index (χ4n) is 2.65. The quantitative estimate of drug-likeness (QED) is 0.724. The van der Waals surface area contributed by atoms with Crippen LogP contribution in [0, 0.1) is 6.92 Å². The number of sulfonamides is 1. The van der Waals surface area contributed by atoms with E-state index < -0.39 is 16.1 Å². The van der Waals surface area contributed by atoms with E-state index >= 15 is 0 Å². The summed E-state index contributed by atoms with van der Waals surface area (Å²) in [5, 5.41) is 9.04. The summed E-state index contributed by atoms with van der Waals surface area (Å²) in [4.78, 5) is 0.223. The predicted octanol–water partition coefficient (Wildman–Crippen LogP) is 3.32. The number of ether oxygens (including phenoxy) is 1. The van der Waals surface area contributed by atoms with E-state index in [0.717, 1.165) is 16.7 Å². The minimum absolute atomic E-state index is 0.0373. The lowest BCUT2D eigenvalue weighted by Gasteiger charge is -2.20. The van der Waals surface area contributed by atoms with Gasteiger partial charge >= 0.3 is 0 Å². The zero-order valence-corrected chi connectivity index (χ0v) is 17.2. The number of hydrogen-bond acceptors (Lipinski definition) is 4. The van der Waals surface area contributed by atoms with Crippen molar-refractivity contribution in [3.05, 3.63) is 65.2 Å². The van der Waals surface area contributed by atoms with Crippen LogP contribution in [-0.4, -0.2) is 33.3 Å². The highest BCUT2D eigenvalue weighted by molar-refractivity contribution is 7.89. The first kappa shape index (κ1) is 21.6. The first-order chi connectivity index (χ1) is 12.6. The first-order valence-electron chi connectivity index (χ1n) is 9.03. The topological polar surface area (TPSA) is 75.6 Å². The van der Waals surface area contributed by atoms with Crippen molar-refractivity contribution in [2.24, 2.45) is 0 Å². The van der Waals surface area contributed by atoms with E-state index in [4.69, 9.17) is 9.84 Å². The molecule has 0 radical (unpaired) electrons. The predicted molar refractivity (Wildman–Crippen MR) is 107 cm³/mol. The minimum atomic E-state index is -3.65. The fourth-order valence-corrected chi connectivity index (χ4v) is 3.68. The molecule has 0 aliphatic carbocycles. The maximum absolute atomic E-state index is 12.6. The molecule has 5 nitrogen and oxygen atoms in total. The molecule has 0 fully saturated rings. The molecule has 148 valence electrons. The van der Waals surface area contributed by atoms with Crippen LogP contribution in [0.3, 0.4) is 0 Å². The summed E-state index contributed by atoms with van der Waals surface area (Å²) >= 11 is 0. The van der Waals surface area contributed by atoms with E-state index in [1.165, 1.54) is 0 Å². The van der Waals surface area contributed by atoms with Crippen LogP contribution in [0.4, 0.5) is 0 Å². The van der Waals surface area contributed by atoms with Gasteiger partial charge in [0.25, 0.3) is 0 Å². The molecule has 0 saturated heterocycles. The van der Waals surface area contributed by atoms with Crippen molar-refractivity contribution in [3.8, 4) is 0 Å². The maximum atomic E-state index is 12.6. The number of aliphatic hydroxyl groups is 1. The molecule has 0 bridgehead atoms. The Kier molecular flexibility index (Phi) is 7.17. The van der Waals surface area contributed by atoms with E-state index in [1.807, 2.05) is 43.3 Å². The Balaban J connectivity index is 2.13. The Labute approximate surface area is 162 Å². The molecule has 0 aromatic heterocycles. The molecule has 2 aromatic rings. The van der Waals surface area contributed by atoms with Gasteiger partial charge < -0.3 is 9.84 Å². The van der Waals surface area contributed by atoms with Crippen LogP contribution in [0.5, 0.6) is 0 Å². The fraction of sp³-hybridized carbons (Fsp3) is 0.429. The summed E-state index contributed by atoms with van der Waals surface area (Å²) in [6.07, 6.45) is -0.471. The lowest BCUT2D eigenvalue weighted by molar-refractivity contribution is 0.0309. The van der Waals surface area contributed by atoms with E-state index in [0.29, 0.717) is 0 Å². The number of hydrogen-bond donors (Lipinski definition) is 2. The Bertz CT molecular complexity index is 822. The average Bonchev–Trinajstić information content (AvgIpc) is 2.62. The van der Waals surface area contributed by atoms with Crippen molar-refractivity contribution in [1.29, 1.82) is 0 Å². The van der Waals surface area contributed by atoms with Crippen LogP contribution < -0.4 is 4.72 Å².